The summed E-state index contributed by atoms with van der Waals surface area (Å²) in [7, 11) is 0. The van der Waals surface area contributed by atoms with Crippen LogP contribution in [-0.4, -0.2) is 26.8 Å². The number of carbonyl (C=O) groups is 2. The van der Waals surface area contributed by atoms with Crippen molar-refractivity contribution in [2.75, 3.05) is 0 Å². The maximum Gasteiger partial charge on any atom is 0.192 e. The van der Waals surface area contributed by atoms with Crippen LogP contribution in [0.1, 0.15) is 46.0 Å². The zero-order chi connectivity index (χ0) is 15.6. The van der Waals surface area contributed by atoms with Crippen LogP contribution in [0.15, 0.2) is 29.4 Å². The second kappa shape index (κ2) is 6.26. The highest BCUT2D eigenvalue weighted by Gasteiger charge is 2.24. The van der Waals surface area contributed by atoms with E-state index in [-0.39, 0.29) is 16.8 Å². The first-order valence-electron chi connectivity index (χ1n) is 6.73. The molecule has 0 spiro atoms. The molecule has 0 saturated heterocycles. The van der Waals surface area contributed by atoms with Gasteiger partial charge in [-0.15, -0.1) is 0 Å². The summed E-state index contributed by atoms with van der Waals surface area (Å²) in [5.41, 5.74) is 2.62. The van der Waals surface area contributed by atoms with Gasteiger partial charge < -0.3 is 4.98 Å². The van der Waals surface area contributed by atoms with Gasteiger partial charge in [0.15, 0.2) is 11.6 Å². The molecule has 0 radical (unpaired) electrons. The molecular formula is C16H18N2O2S. The molecule has 0 saturated carbocycles. The quantitative estimate of drug-likeness (QED) is 0.677. The predicted octanol–water partition coefficient (Wildman–Crippen LogP) is 3.59. The van der Waals surface area contributed by atoms with Crippen molar-refractivity contribution in [1.29, 1.82) is 0 Å². The van der Waals surface area contributed by atoms with Crippen molar-refractivity contribution in [2.45, 2.75) is 38.0 Å². The SMILES string of the molecule is CC(=O)c1c(C)[nH]c(C(=O)[C@H](C)Sc2ccccn2)c1C. The molecule has 0 amide bonds. The molecule has 0 fully saturated rings. The van der Waals surface area contributed by atoms with Crippen LogP contribution in [0.3, 0.4) is 0 Å². The number of aryl methyl sites for hydroxylation is 1. The molecule has 0 aliphatic carbocycles. The number of thioether (sulfide) groups is 1. The molecule has 2 rings (SSSR count). The summed E-state index contributed by atoms with van der Waals surface area (Å²) in [5.74, 6) is -0.0379. The van der Waals surface area contributed by atoms with Gasteiger partial charge in [0, 0.05) is 17.5 Å². The predicted molar refractivity (Wildman–Crippen MR) is 84.2 cm³/mol. The van der Waals surface area contributed by atoms with Gasteiger partial charge in [0.2, 0.25) is 0 Å². The molecule has 2 aromatic heterocycles. The number of Topliss-reactive ketones (excluding diaryl/α,β-unsaturated/α-hetero) is 2. The van der Waals surface area contributed by atoms with E-state index in [9.17, 15) is 9.59 Å². The molecule has 0 aliphatic rings. The van der Waals surface area contributed by atoms with Crippen molar-refractivity contribution in [3.63, 3.8) is 0 Å². The van der Waals surface area contributed by atoms with Crippen molar-refractivity contribution in [1.82, 2.24) is 9.97 Å². The zero-order valence-corrected chi connectivity index (χ0v) is 13.4. The van der Waals surface area contributed by atoms with Crippen molar-refractivity contribution < 1.29 is 9.59 Å². The minimum atomic E-state index is -0.267. The Morgan fingerprint density at radius 1 is 1.29 bits per heavy atom. The van der Waals surface area contributed by atoms with Gasteiger partial charge in [-0.25, -0.2) is 4.98 Å². The largest absolute Gasteiger partial charge is 0.355 e. The van der Waals surface area contributed by atoms with Gasteiger partial charge in [0.1, 0.15) is 0 Å². The fourth-order valence-corrected chi connectivity index (χ4v) is 3.25. The van der Waals surface area contributed by atoms with E-state index in [1.807, 2.05) is 39.0 Å². The van der Waals surface area contributed by atoms with E-state index in [4.69, 9.17) is 0 Å². The Morgan fingerprint density at radius 3 is 2.52 bits per heavy atom. The number of nitrogens with one attached hydrogen (secondary N) is 1. The molecule has 0 unspecified atom stereocenters. The average Bonchev–Trinajstić information content (AvgIpc) is 2.74. The number of aromatic amines is 1. The van der Waals surface area contributed by atoms with E-state index in [1.54, 1.807) is 6.20 Å². The van der Waals surface area contributed by atoms with E-state index in [1.165, 1.54) is 18.7 Å². The minimum absolute atomic E-state index is 0.0150. The number of pyridine rings is 1. The third-order valence-corrected chi connectivity index (χ3v) is 4.39. The molecule has 21 heavy (non-hydrogen) atoms. The summed E-state index contributed by atoms with van der Waals surface area (Å²) in [4.78, 5) is 31.5. The lowest BCUT2D eigenvalue weighted by molar-refractivity contribution is 0.0988. The van der Waals surface area contributed by atoms with Crippen LogP contribution in [0, 0.1) is 13.8 Å². The number of nitrogens with zero attached hydrogens (tertiary/aromatic N) is 1. The molecule has 1 atom stereocenters. The Morgan fingerprint density at radius 2 is 2.00 bits per heavy atom. The normalized spacial score (nSPS) is 12.2. The van der Waals surface area contributed by atoms with Crippen LogP contribution < -0.4 is 0 Å². The summed E-state index contributed by atoms with van der Waals surface area (Å²) in [6.07, 6.45) is 1.71. The number of hydrogen-bond donors (Lipinski definition) is 1. The van der Waals surface area contributed by atoms with Gasteiger partial charge in [-0.1, -0.05) is 17.8 Å². The zero-order valence-electron chi connectivity index (χ0n) is 12.6. The molecular weight excluding hydrogens is 284 g/mol. The average molecular weight is 302 g/mol. The highest BCUT2D eigenvalue weighted by Crippen LogP contribution is 2.26. The molecule has 4 nitrogen and oxygen atoms in total. The highest BCUT2D eigenvalue weighted by molar-refractivity contribution is 8.00. The second-order valence-corrected chi connectivity index (χ2v) is 6.33. The van der Waals surface area contributed by atoms with Crippen LogP contribution in [0.2, 0.25) is 0 Å². The van der Waals surface area contributed by atoms with Crippen molar-refractivity contribution in [3.05, 3.63) is 46.9 Å². The van der Waals surface area contributed by atoms with Gasteiger partial charge >= 0.3 is 0 Å². The van der Waals surface area contributed by atoms with Gasteiger partial charge in [-0.3, -0.25) is 9.59 Å². The Kier molecular flexibility index (Phi) is 4.63. The second-order valence-electron chi connectivity index (χ2n) is 4.97. The minimum Gasteiger partial charge on any atom is -0.355 e. The molecule has 1 N–H and O–H groups in total. The molecule has 0 aromatic carbocycles. The maximum absolute atomic E-state index is 12.6. The Bertz CT molecular complexity index is 677. The van der Waals surface area contributed by atoms with Crippen LogP contribution in [0.25, 0.3) is 0 Å². The summed E-state index contributed by atoms with van der Waals surface area (Å²) in [6, 6.07) is 5.61. The standard InChI is InChI=1S/C16H18N2O2S/c1-9-14(11(3)19)10(2)18-15(9)16(20)12(4)21-13-7-5-6-8-17-13/h5-8,12,18H,1-4H3/t12-/m0/s1. The first kappa shape index (κ1) is 15.5. The number of H-pyrrole nitrogens is 1. The fraction of sp³-hybridized carbons (Fsp3) is 0.312. The van der Waals surface area contributed by atoms with Gasteiger partial charge in [-0.05, 0) is 45.4 Å². The maximum atomic E-state index is 12.6. The van der Waals surface area contributed by atoms with E-state index >= 15 is 0 Å². The first-order chi connectivity index (χ1) is 9.91. The summed E-state index contributed by atoms with van der Waals surface area (Å²) in [6.45, 7) is 7.00. The summed E-state index contributed by atoms with van der Waals surface area (Å²) >= 11 is 1.41. The van der Waals surface area contributed by atoms with Crippen molar-refractivity contribution in [2.24, 2.45) is 0 Å². The monoisotopic (exact) mass is 302 g/mol. The van der Waals surface area contributed by atoms with Crippen molar-refractivity contribution in [3.8, 4) is 0 Å². The lowest BCUT2D eigenvalue weighted by atomic mass is 10.0. The lowest BCUT2D eigenvalue weighted by Gasteiger charge is -2.09. The Balaban J connectivity index is 2.24. The molecule has 2 aromatic rings. The third-order valence-electron chi connectivity index (χ3n) is 3.34. The molecule has 0 aliphatic heterocycles. The molecule has 110 valence electrons. The molecule has 0 bridgehead atoms. The van der Waals surface area contributed by atoms with Crippen molar-refractivity contribution >= 4 is 23.3 Å². The van der Waals surface area contributed by atoms with Crippen LogP contribution >= 0.6 is 11.8 Å². The molecule has 5 heteroatoms. The first-order valence-corrected chi connectivity index (χ1v) is 7.61. The number of hydrogen-bond acceptors (Lipinski definition) is 4. The number of rotatable bonds is 5. The lowest BCUT2D eigenvalue weighted by Crippen LogP contribution is -2.15. The summed E-state index contributed by atoms with van der Waals surface area (Å²) in [5, 5.41) is 0.544. The fourth-order valence-electron chi connectivity index (χ4n) is 2.38. The topological polar surface area (TPSA) is 62.8 Å². The van der Waals surface area contributed by atoms with E-state index in [0.29, 0.717) is 11.3 Å². The van der Waals surface area contributed by atoms with Crippen LogP contribution in [0.5, 0.6) is 0 Å². The van der Waals surface area contributed by atoms with Gasteiger partial charge in [0.05, 0.1) is 16.0 Å². The summed E-state index contributed by atoms with van der Waals surface area (Å²) < 4.78 is 0. The van der Waals surface area contributed by atoms with Gasteiger partial charge in [-0.2, -0.15) is 0 Å². The number of aromatic nitrogens is 2. The van der Waals surface area contributed by atoms with Crippen LogP contribution in [0.4, 0.5) is 0 Å². The van der Waals surface area contributed by atoms with E-state index < -0.39 is 0 Å². The smallest absolute Gasteiger partial charge is 0.192 e. The Hall–Kier alpha value is -1.88. The number of carbonyl (C=O) groups excluding carboxylic acids is 2. The molecule has 2 heterocycles. The van der Waals surface area contributed by atoms with E-state index in [0.717, 1.165) is 16.3 Å². The third kappa shape index (κ3) is 3.24. The number of ketones is 2. The highest BCUT2D eigenvalue weighted by atomic mass is 32.2. The van der Waals surface area contributed by atoms with Crippen LogP contribution in [-0.2, 0) is 0 Å². The van der Waals surface area contributed by atoms with Gasteiger partial charge in [0.25, 0.3) is 0 Å². The Labute approximate surface area is 128 Å². The van der Waals surface area contributed by atoms with E-state index in [2.05, 4.69) is 9.97 Å².